The van der Waals surface area contributed by atoms with Gasteiger partial charge in [-0.05, 0) is 13.0 Å². The van der Waals surface area contributed by atoms with Crippen molar-refractivity contribution in [1.29, 1.82) is 0 Å². The molecule has 0 unspecified atom stereocenters. The summed E-state index contributed by atoms with van der Waals surface area (Å²) in [6.45, 7) is 4.43. The highest BCUT2D eigenvalue weighted by atomic mass is 16.1. The van der Waals surface area contributed by atoms with E-state index >= 15 is 0 Å². The molecular weight excluding hydrogens is 174 g/mol. The van der Waals surface area contributed by atoms with Crippen LogP contribution in [0.4, 0.5) is 0 Å². The SMILES string of the molecule is CC(C)(CCN)C(=O)c1ccccc1. The molecule has 0 aliphatic carbocycles. The molecule has 0 saturated heterocycles. The molecule has 0 aliphatic heterocycles. The van der Waals surface area contributed by atoms with Crippen LogP contribution >= 0.6 is 0 Å². The fourth-order valence-corrected chi connectivity index (χ4v) is 1.45. The van der Waals surface area contributed by atoms with E-state index < -0.39 is 0 Å². The molecule has 0 aromatic heterocycles. The van der Waals surface area contributed by atoms with Gasteiger partial charge in [-0.1, -0.05) is 44.2 Å². The zero-order chi connectivity index (χ0) is 10.6. The van der Waals surface area contributed by atoms with Crippen LogP contribution in [0.15, 0.2) is 30.3 Å². The third kappa shape index (κ3) is 2.42. The maximum Gasteiger partial charge on any atom is 0.168 e. The van der Waals surface area contributed by atoms with Gasteiger partial charge in [0.2, 0.25) is 0 Å². The van der Waals surface area contributed by atoms with E-state index in [4.69, 9.17) is 5.73 Å². The highest BCUT2D eigenvalue weighted by Crippen LogP contribution is 2.24. The third-order valence-electron chi connectivity index (χ3n) is 2.42. The summed E-state index contributed by atoms with van der Waals surface area (Å²) in [6, 6.07) is 9.37. The number of carbonyl (C=O) groups is 1. The van der Waals surface area contributed by atoms with Crippen LogP contribution in [0.25, 0.3) is 0 Å². The summed E-state index contributed by atoms with van der Waals surface area (Å²) in [7, 11) is 0. The molecule has 0 heterocycles. The van der Waals surface area contributed by atoms with E-state index in [1.807, 2.05) is 44.2 Å². The van der Waals surface area contributed by atoms with Crippen LogP contribution in [0.5, 0.6) is 0 Å². The average molecular weight is 191 g/mol. The summed E-state index contributed by atoms with van der Waals surface area (Å²) in [5.74, 6) is 0.170. The Labute approximate surface area is 85.1 Å². The molecule has 0 spiro atoms. The van der Waals surface area contributed by atoms with Crippen molar-refractivity contribution in [2.24, 2.45) is 11.1 Å². The Hall–Kier alpha value is -1.15. The van der Waals surface area contributed by atoms with Crippen molar-refractivity contribution in [2.45, 2.75) is 20.3 Å². The molecule has 0 atom stereocenters. The second-order valence-electron chi connectivity index (χ2n) is 4.12. The number of nitrogens with two attached hydrogens (primary N) is 1. The first kappa shape index (κ1) is 10.9. The number of carbonyl (C=O) groups excluding carboxylic acids is 1. The van der Waals surface area contributed by atoms with Crippen molar-refractivity contribution in [3.63, 3.8) is 0 Å². The van der Waals surface area contributed by atoms with Gasteiger partial charge in [-0.15, -0.1) is 0 Å². The lowest BCUT2D eigenvalue weighted by atomic mass is 9.81. The van der Waals surface area contributed by atoms with E-state index in [1.54, 1.807) is 0 Å². The number of ketones is 1. The number of Topliss-reactive ketones (excluding diaryl/α,β-unsaturated/α-hetero) is 1. The Kier molecular flexibility index (Phi) is 3.42. The lowest BCUT2D eigenvalue weighted by Gasteiger charge is -2.22. The molecule has 76 valence electrons. The van der Waals surface area contributed by atoms with Crippen molar-refractivity contribution < 1.29 is 4.79 Å². The van der Waals surface area contributed by atoms with E-state index in [9.17, 15) is 4.79 Å². The van der Waals surface area contributed by atoms with E-state index in [-0.39, 0.29) is 11.2 Å². The van der Waals surface area contributed by atoms with Gasteiger partial charge in [0, 0.05) is 11.0 Å². The summed E-state index contributed by atoms with van der Waals surface area (Å²) in [5.41, 5.74) is 5.90. The topological polar surface area (TPSA) is 43.1 Å². The Morgan fingerprint density at radius 3 is 2.36 bits per heavy atom. The summed E-state index contributed by atoms with van der Waals surface area (Å²) in [4.78, 5) is 12.0. The van der Waals surface area contributed by atoms with Crippen LogP contribution in [0.3, 0.4) is 0 Å². The van der Waals surface area contributed by atoms with Crippen LogP contribution in [0.2, 0.25) is 0 Å². The van der Waals surface area contributed by atoms with Gasteiger partial charge in [0.25, 0.3) is 0 Å². The van der Waals surface area contributed by atoms with E-state index in [2.05, 4.69) is 0 Å². The van der Waals surface area contributed by atoms with E-state index in [0.717, 1.165) is 12.0 Å². The van der Waals surface area contributed by atoms with Crippen molar-refractivity contribution in [3.05, 3.63) is 35.9 Å². The monoisotopic (exact) mass is 191 g/mol. The molecule has 0 bridgehead atoms. The van der Waals surface area contributed by atoms with Crippen LogP contribution in [0.1, 0.15) is 30.6 Å². The maximum atomic E-state index is 12.0. The second kappa shape index (κ2) is 4.38. The Balaban J connectivity index is 2.85. The molecule has 1 rings (SSSR count). The molecule has 0 amide bonds. The normalized spacial score (nSPS) is 11.4. The van der Waals surface area contributed by atoms with Crippen molar-refractivity contribution >= 4 is 5.78 Å². The van der Waals surface area contributed by atoms with Crippen molar-refractivity contribution in [1.82, 2.24) is 0 Å². The Morgan fingerprint density at radius 1 is 1.29 bits per heavy atom. The van der Waals surface area contributed by atoms with Gasteiger partial charge < -0.3 is 5.73 Å². The van der Waals surface area contributed by atoms with Crippen LogP contribution in [0, 0.1) is 5.41 Å². The lowest BCUT2D eigenvalue weighted by Crippen LogP contribution is -2.27. The number of hydrogen-bond acceptors (Lipinski definition) is 2. The highest BCUT2D eigenvalue weighted by Gasteiger charge is 2.27. The molecule has 0 aliphatic rings. The number of hydrogen-bond donors (Lipinski definition) is 1. The highest BCUT2D eigenvalue weighted by molar-refractivity contribution is 5.99. The quantitative estimate of drug-likeness (QED) is 0.742. The zero-order valence-electron chi connectivity index (χ0n) is 8.79. The summed E-state index contributed by atoms with van der Waals surface area (Å²) >= 11 is 0. The minimum Gasteiger partial charge on any atom is -0.330 e. The first-order chi connectivity index (χ1) is 6.58. The van der Waals surface area contributed by atoms with Crippen LogP contribution in [-0.2, 0) is 0 Å². The molecule has 14 heavy (non-hydrogen) atoms. The standard InChI is InChI=1S/C12H17NO/c1-12(2,8-9-13)11(14)10-6-4-3-5-7-10/h3-7H,8-9,13H2,1-2H3. The molecule has 1 aromatic carbocycles. The zero-order valence-corrected chi connectivity index (χ0v) is 8.79. The minimum absolute atomic E-state index is 0.170. The third-order valence-corrected chi connectivity index (χ3v) is 2.42. The molecular formula is C12H17NO. The maximum absolute atomic E-state index is 12.0. The van der Waals surface area contributed by atoms with E-state index in [0.29, 0.717) is 6.54 Å². The summed E-state index contributed by atoms with van der Waals surface area (Å²) in [6.07, 6.45) is 0.723. The first-order valence-electron chi connectivity index (χ1n) is 4.88. The molecule has 1 aromatic rings. The van der Waals surface area contributed by atoms with Gasteiger partial charge >= 0.3 is 0 Å². The smallest absolute Gasteiger partial charge is 0.168 e. The molecule has 0 saturated carbocycles. The van der Waals surface area contributed by atoms with Crippen LogP contribution in [-0.4, -0.2) is 12.3 Å². The Bertz CT molecular complexity index is 303. The van der Waals surface area contributed by atoms with Crippen LogP contribution < -0.4 is 5.73 Å². The second-order valence-corrected chi connectivity index (χ2v) is 4.12. The first-order valence-corrected chi connectivity index (χ1v) is 4.88. The van der Waals surface area contributed by atoms with Gasteiger partial charge in [0.15, 0.2) is 5.78 Å². The van der Waals surface area contributed by atoms with E-state index in [1.165, 1.54) is 0 Å². The fraction of sp³-hybridized carbons (Fsp3) is 0.417. The lowest BCUT2D eigenvalue weighted by molar-refractivity contribution is 0.0829. The predicted octanol–water partition coefficient (Wildman–Crippen LogP) is 2.24. The van der Waals surface area contributed by atoms with Gasteiger partial charge in [-0.3, -0.25) is 4.79 Å². The van der Waals surface area contributed by atoms with Crippen molar-refractivity contribution in [3.8, 4) is 0 Å². The molecule has 0 radical (unpaired) electrons. The van der Waals surface area contributed by atoms with Gasteiger partial charge in [0.05, 0.1) is 0 Å². The molecule has 2 N–H and O–H groups in total. The Morgan fingerprint density at radius 2 is 1.86 bits per heavy atom. The predicted molar refractivity (Wildman–Crippen MR) is 58.2 cm³/mol. The largest absolute Gasteiger partial charge is 0.330 e. The van der Waals surface area contributed by atoms with Crippen molar-refractivity contribution in [2.75, 3.05) is 6.54 Å². The van der Waals surface area contributed by atoms with Gasteiger partial charge in [-0.25, -0.2) is 0 Å². The fourth-order valence-electron chi connectivity index (χ4n) is 1.45. The summed E-state index contributed by atoms with van der Waals surface area (Å²) < 4.78 is 0. The number of rotatable bonds is 4. The van der Waals surface area contributed by atoms with Gasteiger partial charge in [-0.2, -0.15) is 0 Å². The van der Waals surface area contributed by atoms with Gasteiger partial charge in [0.1, 0.15) is 0 Å². The summed E-state index contributed by atoms with van der Waals surface area (Å²) in [5, 5.41) is 0. The molecule has 0 fully saturated rings. The minimum atomic E-state index is -0.351. The molecule has 2 heteroatoms. The number of benzene rings is 1. The average Bonchev–Trinajstić information content (AvgIpc) is 2.18. The molecule has 2 nitrogen and oxygen atoms in total.